The molecule has 0 aromatic carbocycles. The van der Waals surface area contributed by atoms with Crippen molar-refractivity contribution in [3.8, 4) is 0 Å². The molecule has 1 N–H and O–H groups in total. The second-order valence-electron chi connectivity index (χ2n) is 7.21. The van der Waals surface area contributed by atoms with Gasteiger partial charge in [-0.2, -0.15) is 0 Å². The summed E-state index contributed by atoms with van der Waals surface area (Å²) < 4.78 is 0. The van der Waals surface area contributed by atoms with Crippen LogP contribution in [-0.4, -0.2) is 35.5 Å². The molecule has 3 aliphatic rings. The maximum Gasteiger partial charge on any atom is 0.227 e. The first-order chi connectivity index (χ1) is 9.15. The predicted molar refractivity (Wildman–Crippen MR) is 76.9 cm³/mol. The summed E-state index contributed by atoms with van der Waals surface area (Å²) in [5.74, 6) is 1.31. The Bertz CT molecular complexity index is 336. The van der Waals surface area contributed by atoms with Crippen molar-refractivity contribution < 1.29 is 4.79 Å². The molecule has 0 aromatic heterocycles. The highest BCUT2D eigenvalue weighted by Crippen LogP contribution is 2.36. The van der Waals surface area contributed by atoms with Crippen LogP contribution < -0.4 is 5.32 Å². The van der Waals surface area contributed by atoms with E-state index in [0.717, 1.165) is 13.0 Å². The van der Waals surface area contributed by atoms with Gasteiger partial charge in [-0.3, -0.25) is 4.79 Å². The molecule has 108 valence electrons. The maximum atomic E-state index is 12.9. The van der Waals surface area contributed by atoms with E-state index in [1.165, 1.54) is 38.5 Å². The van der Waals surface area contributed by atoms with Crippen molar-refractivity contribution >= 4 is 5.91 Å². The van der Waals surface area contributed by atoms with E-state index in [-0.39, 0.29) is 5.92 Å². The van der Waals surface area contributed by atoms with Gasteiger partial charge in [0.05, 0.1) is 5.92 Å². The van der Waals surface area contributed by atoms with Gasteiger partial charge in [-0.25, -0.2) is 0 Å². The van der Waals surface area contributed by atoms with E-state index in [9.17, 15) is 4.79 Å². The minimum atomic E-state index is 0.276. The van der Waals surface area contributed by atoms with Crippen LogP contribution in [0.5, 0.6) is 0 Å². The van der Waals surface area contributed by atoms with Crippen molar-refractivity contribution in [3.63, 3.8) is 0 Å². The Kier molecular flexibility index (Phi) is 3.84. The molecule has 19 heavy (non-hydrogen) atoms. The normalized spacial score (nSPS) is 34.4. The zero-order valence-electron chi connectivity index (χ0n) is 12.4. The van der Waals surface area contributed by atoms with Gasteiger partial charge >= 0.3 is 0 Å². The van der Waals surface area contributed by atoms with Crippen LogP contribution in [0.3, 0.4) is 0 Å². The highest BCUT2D eigenvalue weighted by molar-refractivity contribution is 5.80. The summed E-state index contributed by atoms with van der Waals surface area (Å²) in [6.07, 6.45) is 8.65. The zero-order valence-corrected chi connectivity index (χ0v) is 12.4. The van der Waals surface area contributed by atoms with Gasteiger partial charge in [0.2, 0.25) is 5.91 Å². The van der Waals surface area contributed by atoms with Gasteiger partial charge in [-0.15, -0.1) is 0 Å². The Morgan fingerprint density at radius 1 is 1.21 bits per heavy atom. The third-order valence-electron chi connectivity index (χ3n) is 5.23. The number of carbonyl (C=O) groups excluding carboxylic acids is 1. The Morgan fingerprint density at radius 2 is 1.95 bits per heavy atom. The molecule has 1 aliphatic carbocycles. The molecule has 0 radical (unpaired) electrons. The lowest BCUT2D eigenvalue weighted by molar-refractivity contribution is -0.139. The molecule has 1 saturated carbocycles. The molecule has 2 bridgehead atoms. The van der Waals surface area contributed by atoms with E-state index < -0.39 is 0 Å². The number of nitrogens with one attached hydrogen (secondary N) is 1. The molecule has 3 nitrogen and oxygen atoms in total. The largest absolute Gasteiger partial charge is 0.339 e. The molecule has 0 aromatic rings. The van der Waals surface area contributed by atoms with Crippen molar-refractivity contribution in [2.75, 3.05) is 6.54 Å². The quantitative estimate of drug-likeness (QED) is 0.846. The van der Waals surface area contributed by atoms with Crippen LogP contribution in [-0.2, 0) is 4.79 Å². The third-order valence-corrected chi connectivity index (χ3v) is 5.23. The summed E-state index contributed by atoms with van der Waals surface area (Å²) in [6, 6.07) is 1.64. The number of carbonyl (C=O) groups is 1. The fraction of sp³-hybridized carbons (Fsp3) is 0.938. The SMILES string of the molecule is CC(C)CN(C(=O)C1CC2CCC1N2)C1CCCC1. The van der Waals surface area contributed by atoms with Crippen LogP contribution in [0.1, 0.15) is 58.8 Å². The van der Waals surface area contributed by atoms with Gasteiger partial charge in [0.15, 0.2) is 0 Å². The summed E-state index contributed by atoms with van der Waals surface area (Å²) in [5, 5.41) is 3.61. The van der Waals surface area contributed by atoms with Crippen LogP contribution >= 0.6 is 0 Å². The lowest BCUT2D eigenvalue weighted by Crippen LogP contribution is -2.47. The Morgan fingerprint density at radius 3 is 2.47 bits per heavy atom. The first-order valence-corrected chi connectivity index (χ1v) is 8.21. The number of amides is 1. The fourth-order valence-electron chi connectivity index (χ4n) is 4.34. The van der Waals surface area contributed by atoms with E-state index in [1.807, 2.05) is 0 Å². The smallest absolute Gasteiger partial charge is 0.227 e. The molecule has 3 fully saturated rings. The van der Waals surface area contributed by atoms with Gasteiger partial charge in [-0.1, -0.05) is 26.7 Å². The van der Waals surface area contributed by atoms with Gasteiger partial charge in [0.25, 0.3) is 0 Å². The highest BCUT2D eigenvalue weighted by atomic mass is 16.2. The number of rotatable bonds is 4. The van der Waals surface area contributed by atoms with Gasteiger partial charge < -0.3 is 10.2 Å². The summed E-state index contributed by atoms with van der Waals surface area (Å²) in [5.41, 5.74) is 0. The number of hydrogen-bond acceptors (Lipinski definition) is 2. The van der Waals surface area contributed by atoms with Gasteiger partial charge in [0.1, 0.15) is 0 Å². The van der Waals surface area contributed by atoms with Gasteiger partial charge in [-0.05, 0) is 38.0 Å². The van der Waals surface area contributed by atoms with Gasteiger partial charge in [0, 0.05) is 24.7 Å². The number of nitrogens with zero attached hydrogens (tertiary/aromatic N) is 1. The van der Waals surface area contributed by atoms with Crippen LogP contribution in [0.15, 0.2) is 0 Å². The summed E-state index contributed by atoms with van der Waals surface area (Å²) in [6.45, 7) is 5.42. The minimum absolute atomic E-state index is 0.276. The molecule has 2 heterocycles. The Hall–Kier alpha value is -0.570. The predicted octanol–water partition coefficient (Wildman–Crippen LogP) is 2.55. The highest BCUT2D eigenvalue weighted by Gasteiger charge is 2.45. The summed E-state index contributed by atoms with van der Waals surface area (Å²) in [4.78, 5) is 15.2. The average molecular weight is 264 g/mol. The topological polar surface area (TPSA) is 32.3 Å². The van der Waals surface area contributed by atoms with Crippen molar-refractivity contribution in [2.45, 2.75) is 76.9 Å². The molecular formula is C16H28N2O. The van der Waals surface area contributed by atoms with E-state index in [2.05, 4.69) is 24.1 Å². The second kappa shape index (κ2) is 5.43. The average Bonchev–Trinajstić information content (AvgIpc) is 3.10. The monoisotopic (exact) mass is 264 g/mol. The van der Waals surface area contributed by atoms with Crippen LogP contribution in [0.25, 0.3) is 0 Å². The first kappa shape index (κ1) is 13.4. The molecule has 3 rings (SSSR count). The lowest BCUT2D eigenvalue weighted by atomic mass is 9.87. The molecule has 3 unspecified atom stereocenters. The van der Waals surface area contributed by atoms with Crippen molar-refractivity contribution in [3.05, 3.63) is 0 Å². The van der Waals surface area contributed by atoms with E-state index in [4.69, 9.17) is 0 Å². The molecule has 3 heteroatoms. The number of hydrogen-bond donors (Lipinski definition) is 1. The standard InChI is InChI=1S/C16H28N2O/c1-11(2)10-18(13-5-3-4-6-13)16(19)14-9-12-7-8-15(14)17-12/h11-15,17H,3-10H2,1-2H3. The van der Waals surface area contributed by atoms with E-state index >= 15 is 0 Å². The Labute approximate surface area is 117 Å². The lowest BCUT2D eigenvalue weighted by Gasteiger charge is -2.34. The van der Waals surface area contributed by atoms with Crippen LogP contribution in [0.4, 0.5) is 0 Å². The molecule has 1 amide bonds. The minimum Gasteiger partial charge on any atom is -0.339 e. The molecule has 0 spiro atoms. The maximum absolute atomic E-state index is 12.9. The second-order valence-corrected chi connectivity index (χ2v) is 7.21. The van der Waals surface area contributed by atoms with Crippen LogP contribution in [0.2, 0.25) is 0 Å². The summed E-state index contributed by atoms with van der Waals surface area (Å²) >= 11 is 0. The summed E-state index contributed by atoms with van der Waals surface area (Å²) in [7, 11) is 0. The Balaban J connectivity index is 1.69. The fourth-order valence-corrected chi connectivity index (χ4v) is 4.34. The van der Waals surface area contributed by atoms with Crippen LogP contribution in [0, 0.1) is 11.8 Å². The molecular weight excluding hydrogens is 236 g/mol. The van der Waals surface area contributed by atoms with Crippen molar-refractivity contribution in [2.24, 2.45) is 11.8 Å². The van der Waals surface area contributed by atoms with E-state index in [1.54, 1.807) is 0 Å². The van der Waals surface area contributed by atoms with Crippen molar-refractivity contribution in [1.82, 2.24) is 10.2 Å². The molecule has 2 aliphatic heterocycles. The zero-order chi connectivity index (χ0) is 13.4. The molecule has 2 saturated heterocycles. The first-order valence-electron chi connectivity index (χ1n) is 8.21. The van der Waals surface area contributed by atoms with E-state index in [0.29, 0.717) is 30.0 Å². The van der Waals surface area contributed by atoms with Crippen molar-refractivity contribution in [1.29, 1.82) is 0 Å². The number of fused-ring (bicyclic) bond motifs is 2. The third kappa shape index (κ3) is 2.67. The molecule has 3 atom stereocenters.